The molecule has 0 atom stereocenters. The van der Waals surface area contributed by atoms with Gasteiger partial charge in [-0.05, 0) is 50.6 Å². The summed E-state index contributed by atoms with van der Waals surface area (Å²) in [7, 11) is 0. The molecule has 5 nitrogen and oxygen atoms in total. The van der Waals surface area contributed by atoms with Crippen LogP contribution in [0.2, 0.25) is 0 Å². The summed E-state index contributed by atoms with van der Waals surface area (Å²) in [5, 5.41) is 11.2. The molecule has 0 saturated heterocycles. The van der Waals surface area contributed by atoms with Gasteiger partial charge in [-0.2, -0.15) is 0 Å². The molecule has 0 aliphatic heterocycles. The first kappa shape index (κ1) is 17.7. The van der Waals surface area contributed by atoms with E-state index in [-0.39, 0.29) is 11.4 Å². The quantitative estimate of drug-likeness (QED) is 0.547. The van der Waals surface area contributed by atoms with Gasteiger partial charge in [0.15, 0.2) is 0 Å². The third-order valence-corrected chi connectivity index (χ3v) is 4.43. The monoisotopic (exact) mass is 350 g/mol. The zero-order valence-corrected chi connectivity index (χ0v) is 15.2. The van der Waals surface area contributed by atoms with Gasteiger partial charge < -0.3 is 14.4 Å². The summed E-state index contributed by atoms with van der Waals surface area (Å²) in [6.45, 7) is 7.79. The van der Waals surface area contributed by atoms with Crippen LogP contribution in [0.15, 0.2) is 56.7 Å². The molecule has 0 amide bonds. The Morgan fingerprint density at radius 3 is 2.58 bits per heavy atom. The lowest BCUT2D eigenvalue weighted by Crippen LogP contribution is -2.21. The molecule has 0 bridgehead atoms. The number of rotatable bonds is 5. The van der Waals surface area contributed by atoms with Crippen molar-refractivity contribution in [3.8, 4) is 5.75 Å². The van der Waals surface area contributed by atoms with E-state index < -0.39 is 0 Å². The van der Waals surface area contributed by atoms with Gasteiger partial charge >= 0.3 is 5.63 Å². The predicted molar refractivity (Wildman–Crippen MR) is 106 cm³/mol. The molecule has 1 aromatic heterocycles. The Bertz CT molecular complexity index is 1020. The molecule has 0 fully saturated rings. The van der Waals surface area contributed by atoms with Crippen LogP contribution in [-0.2, 0) is 0 Å². The highest BCUT2D eigenvalue weighted by Gasteiger charge is 2.06. The lowest BCUT2D eigenvalue weighted by Gasteiger charge is -2.21. The Labute approximate surface area is 152 Å². The van der Waals surface area contributed by atoms with Crippen molar-refractivity contribution in [3.05, 3.63) is 64.0 Å². The molecule has 0 saturated carbocycles. The van der Waals surface area contributed by atoms with Crippen molar-refractivity contribution in [1.29, 1.82) is 0 Å². The zero-order chi connectivity index (χ0) is 18.7. The van der Waals surface area contributed by atoms with Crippen LogP contribution < -0.4 is 10.5 Å². The van der Waals surface area contributed by atoms with E-state index in [1.807, 2.05) is 31.2 Å². The summed E-state index contributed by atoms with van der Waals surface area (Å²) in [5.74, 6) is 0.182. The first-order valence-corrected chi connectivity index (χ1v) is 8.68. The van der Waals surface area contributed by atoms with Crippen LogP contribution in [0.3, 0.4) is 0 Å². The number of phenols is 1. The minimum Gasteiger partial charge on any atom is -0.507 e. The van der Waals surface area contributed by atoms with E-state index in [4.69, 9.17) is 4.42 Å². The summed E-state index contributed by atoms with van der Waals surface area (Å²) in [6, 6.07) is 12.5. The molecule has 0 aliphatic rings. The van der Waals surface area contributed by atoms with Gasteiger partial charge in [-0.3, -0.25) is 4.99 Å². The van der Waals surface area contributed by atoms with Gasteiger partial charge in [-0.1, -0.05) is 0 Å². The molecule has 0 radical (unpaired) electrons. The smallest absolute Gasteiger partial charge is 0.336 e. The van der Waals surface area contributed by atoms with Gasteiger partial charge in [-0.25, -0.2) is 4.79 Å². The van der Waals surface area contributed by atoms with Crippen molar-refractivity contribution < 1.29 is 9.52 Å². The number of fused-ring (bicyclic) bond motifs is 1. The number of aromatic hydroxyl groups is 1. The summed E-state index contributed by atoms with van der Waals surface area (Å²) in [4.78, 5) is 18.1. The number of hydrogen-bond donors (Lipinski definition) is 1. The minimum absolute atomic E-state index is 0.182. The van der Waals surface area contributed by atoms with Gasteiger partial charge in [0.25, 0.3) is 0 Å². The molecule has 26 heavy (non-hydrogen) atoms. The number of aliphatic imine (C=N–C) groups is 1. The predicted octanol–water partition coefficient (Wildman–Crippen LogP) is 4.40. The van der Waals surface area contributed by atoms with Crippen LogP contribution in [0.25, 0.3) is 11.0 Å². The lowest BCUT2D eigenvalue weighted by molar-refractivity contribution is 0.474. The summed E-state index contributed by atoms with van der Waals surface area (Å²) in [6.07, 6.45) is 1.61. The van der Waals surface area contributed by atoms with Crippen LogP contribution in [0, 0.1) is 6.92 Å². The minimum atomic E-state index is -0.374. The maximum absolute atomic E-state index is 11.5. The van der Waals surface area contributed by atoms with Crippen molar-refractivity contribution in [2.24, 2.45) is 4.99 Å². The Morgan fingerprint density at radius 1 is 1.12 bits per heavy atom. The molecule has 134 valence electrons. The molecule has 1 heterocycles. The third kappa shape index (κ3) is 3.61. The fourth-order valence-electron chi connectivity index (χ4n) is 2.96. The largest absolute Gasteiger partial charge is 0.507 e. The van der Waals surface area contributed by atoms with Crippen LogP contribution in [0.4, 0.5) is 11.4 Å². The highest BCUT2D eigenvalue weighted by molar-refractivity contribution is 5.88. The van der Waals surface area contributed by atoms with Crippen molar-refractivity contribution in [2.75, 3.05) is 18.0 Å². The Balaban J connectivity index is 1.90. The normalized spacial score (nSPS) is 11.3. The second-order valence-electron chi connectivity index (χ2n) is 6.10. The van der Waals surface area contributed by atoms with Crippen molar-refractivity contribution in [2.45, 2.75) is 20.8 Å². The van der Waals surface area contributed by atoms with E-state index in [1.165, 1.54) is 6.07 Å². The number of nitrogens with zero attached hydrogens (tertiary/aromatic N) is 2. The maximum atomic E-state index is 11.5. The van der Waals surface area contributed by atoms with Crippen molar-refractivity contribution in [3.63, 3.8) is 0 Å². The fraction of sp³-hybridized carbons (Fsp3) is 0.238. The summed E-state index contributed by atoms with van der Waals surface area (Å²) >= 11 is 0. The second-order valence-corrected chi connectivity index (χ2v) is 6.10. The van der Waals surface area contributed by atoms with Gasteiger partial charge in [0, 0.05) is 54.1 Å². The van der Waals surface area contributed by atoms with E-state index in [1.54, 1.807) is 18.3 Å². The van der Waals surface area contributed by atoms with E-state index in [0.717, 1.165) is 29.7 Å². The number of aryl methyl sites for hydroxylation is 1. The standard InChI is InChI=1S/C21H22N2O3/c1-4-23(5-2)17-8-6-15(19(24)12-17)13-22-16-7-9-18-14(3)10-21(25)26-20(18)11-16/h6-13,24H,4-5H2,1-3H3. The highest BCUT2D eigenvalue weighted by atomic mass is 16.4. The average molecular weight is 350 g/mol. The van der Waals surface area contributed by atoms with Crippen LogP contribution in [0.5, 0.6) is 5.75 Å². The van der Waals surface area contributed by atoms with Gasteiger partial charge in [0.1, 0.15) is 11.3 Å². The topological polar surface area (TPSA) is 66.0 Å². The molecule has 3 rings (SSSR count). The van der Waals surface area contributed by atoms with E-state index in [0.29, 0.717) is 16.8 Å². The Kier molecular flexibility index (Phi) is 5.07. The molecular formula is C21H22N2O3. The van der Waals surface area contributed by atoms with Crippen LogP contribution in [-0.4, -0.2) is 24.4 Å². The molecule has 0 spiro atoms. The Hall–Kier alpha value is -3.08. The van der Waals surface area contributed by atoms with Crippen LogP contribution in [0.1, 0.15) is 25.0 Å². The molecule has 5 heteroatoms. The third-order valence-electron chi connectivity index (χ3n) is 4.43. The van der Waals surface area contributed by atoms with Crippen LogP contribution >= 0.6 is 0 Å². The Morgan fingerprint density at radius 2 is 1.88 bits per heavy atom. The zero-order valence-electron chi connectivity index (χ0n) is 15.2. The number of phenolic OH excluding ortho intramolecular Hbond substituents is 1. The molecule has 0 unspecified atom stereocenters. The summed E-state index contributed by atoms with van der Waals surface area (Å²) < 4.78 is 5.24. The van der Waals surface area contributed by atoms with E-state index >= 15 is 0 Å². The highest BCUT2D eigenvalue weighted by Crippen LogP contribution is 2.26. The van der Waals surface area contributed by atoms with Crippen molar-refractivity contribution in [1.82, 2.24) is 0 Å². The molecule has 2 aromatic carbocycles. The lowest BCUT2D eigenvalue weighted by atomic mass is 10.1. The number of anilines is 1. The molecular weight excluding hydrogens is 328 g/mol. The van der Waals surface area contributed by atoms with Gasteiger partial charge in [-0.15, -0.1) is 0 Å². The molecule has 1 N–H and O–H groups in total. The fourth-order valence-corrected chi connectivity index (χ4v) is 2.96. The number of benzene rings is 2. The van der Waals surface area contributed by atoms with E-state index in [9.17, 15) is 9.90 Å². The van der Waals surface area contributed by atoms with Gasteiger partial charge in [0.05, 0.1) is 5.69 Å². The molecule has 0 aliphatic carbocycles. The van der Waals surface area contributed by atoms with Gasteiger partial charge in [0.2, 0.25) is 0 Å². The molecule has 3 aromatic rings. The summed E-state index contributed by atoms with van der Waals surface area (Å²) in [5.41, 5.74) is 3.26. The number of hydrogen-bond acceptors (Lipinski definition) is 5. The average Bonchev–Trinajstić information content (AvgIpc) is 2.61. The first-order valence-electron chi connectivity index (χ1n) is 8.68. The SMILES string of the molecule is CCN(CC)c1ccc(C=Nc2ccc3c(C)cc(=O)oc3c2)c(O)c1. The van der Waals surface area contributed by atoms with Crippen molar-refractivity contribution >= 4 is 28.6 Å². The van der Waals surface area contributed by atoms with E-state index in [2.05, 4.69) is 23.7 Å². The maximum Gasteiger partial charge on any atom is 0.336 e. The first-order chi connectivity index (χ1) is 12.5. The second kappa shape index (κ2) is 7.44.